The Labute approximate surface area is 135 Å². The Balaban J connectivity index is 1.83. The lowest BCUT2D eigenvalue weighted by Crippen LogP contribution is -2.38. The Kier molecular flexibility index (Phi) is 6.29. The van der Waals surface area contributed by atoms with Crippen molar-refractivity contribution in [2.45, 2.75) is 32.7 Å². The third kappa shape index (κ3) is 5.17. The van der Waals surface area contributed by atoms with Crippen molar-refractivity contribution in [3.63, 3.8) is 0 Å². The molecule has 2 N–H and O–H groups in total. The van der Waals surface area contributed by atoms with E-state index in [1.165, 1.54) is 12.3 Å². The van der Waals surface area contributed by atoms with Crippen LogP contribution >= 0.6 is 0 Å². The summed E-state index contributed by atoms with van der Waals surface area (Å²) < 4.78 is 19.2. The molecule has 0 radical (unpaired) electrons. The zero-order chi connectivity index (χ0) is 16.7. The average Bonchev–Trinajstić information content (AvgIpc) is 3.00. The van der Waals surface area contributed by atoms with Crippen molar-refractivity contribution in [2.75, 3.05) is 13.1 Å². The number of oxazole rings is 1. The highest BCUT2D eigenvalue weighted by molar-refractivity contribution is 5.76. The summed E-state index contributed by atoms with van der Waals surface area (Å²) in [4.78, 5) is 15.9. The summed E-state index contributed by atoms with van der Waals surface area (Å²) in [5.74, 6) is 0.392. The number of likely N-dealkylation sites (N-methyl/N-ethyl adjacent to an activating group) is 1. The lowest BCUT2D eigenvalue weighted by atomic mass is 10.2. The number of carbonyl (C=O) groups excluding carboxylic acids is 1. The number of benzene rings is 1. The molecule has 0 aliphatic rings. The van der Waals surface area contributed by atoms with Crippen molar-refractivity contribution in [1.82, 2.24) is 15.6 Å². The molecule has 1 aromatic heterocycles. The zero-order valence-corrected chi connectivity index (χ0v) is 13.4. The highest BCUT2D eigenvalue weighted by Gasteiger charge is 2.12. The summed E-state index contributed by atoms with van der Waals surface area (Å²) in [5.41, 5.74) is 0.371. The van der Waals surface area contributed by atoms with E-state index in [2.05, 4.69) is 15.6 Å². The molecular formula is C17H22FN3O2. The lowest BCUT2D eigenvalue weighted by molar-refractivity contribution is -0.121. The quantitative estimate of drug-likeness (QED) is 0.784. The maximum absolute atomic E-state index is 13.7. The van der Waals surface area contributed by atoms with E-state index in [1.54, 1.807) is 18.2 Å². The van der Waals surface area contributed by atoms with Gasteiger partial charge in [-0.05, 0) is 25.6 Å². The first kappa shape index (κ1) is 17.1. The first-order valence-electron chi connectivity index (χ1n) is 7.79. The molecule has 1 aromatic carbocycles. The predicted molar refractivity (Wildman–Crippen MR) is 86.4 cm³/mol. The van der Waals surface area contributed by atoms with E-state index in [0.29, 0.717) is 30.2 Å². The normalized spacial score (nSPS) is 12.1. The van der Waals surface area contributed by atoms with E-state index in [0.717, 1.165) is 6.54 Å². The molecule has 6 heteroatoms. The minimum Gasteiger partial charge on any atom is -0.441 e. The van der Waals surface area contributed by atoms with Gasteiger partial charge in [0.25, 0.3) is 0 Å². The van der Waals surface area contributed by atoms with E-state index < -0.39 is 0 Å². The molecule has 0 saturated carbocycles. The predicted octanol–water partition coefficient (Wildman–Crippen LogP) is 2.53. The molecule has 1 heterocycles. The summed E-state index contributed by atoms with van der Waals surface area (Å²) in [6, 6.07) is 6.60. The van der Waals surface area contributed by atoms with Gasteiger partial charge in [0.15, 0.2) is 11.7 Å². The van der Waals surface area contributed by atoms with Crippen LogP contribution in [0.4, 0.5) is 4.39 Å². The van der Waals surface area contributed by atoms with Crippen LogP contribution in [0, 0.1) is 5.82 Å². The highest BCUT2D eigenvalue weighted by atomic mass is 19.1. The van der Waals surface area contributed by atoms with E-state index >= 15 is 0 Å². The number of halogens is 1. The van der Waals surface area contributed by atoms with E-state index in [-0.39, 0.29) is 24.2 Å². The summed E-state index contributed by atoms with van der Waals surface area (Å²) >= 11 is 0. The first-order chi connectivity index (χ1) is 11.1. The topological polar surface area (TPSA) is 67.2 Å². The Morgan fingerprint density at radius 3 is 2.91 bits per heavy atom. The second-order valence-electron chi connectivity index (χ2n) is 5.36. The third-order valence-electron chi connectivity index (χ3n) is 3.42. The number of nitrogens with one attached hydrogen (secondary N) is 2. The Morgan fingerprint density at radius 1 is 1.39 bits per heavy atom. The van der Waals surface area contributed by atoms with Gasteiger partial charge in [-0.1, -0.05) is 19.1 Å². The second kappa shape index (κ2) is 8.43. The molecule has 5 nitrogen and oxygen atoms in total. The first-order valence-corrected chi connectivity index (χ1v) is 7.79. The van der Waals surface area contributed by atoms with Crippen LogP contribution in [0.5, 0.6) is 0 Å². The lowest BCUT2D eigenvalue weighted by Gasteiger charge is -2.12. The molecule has 1 amide bonds. The summed E-state index contributed by atoms with van der Waals surface area (Å²) in [7, 11) is 0. The van der Waals surface area contributed by atoms with E-state index in [4.69, 9.17) is 4.42 Å². The maximum Gasteiger partial charge on any atom is 0.220 e. The monoisotopic (exact) mass is 319 g/mol. The Morgan fingerprint density at radius 2 is 2.17 bits per heavy atom. The number of aryl methyl sites for hydroxylation is 1. The van der Waals surface area contributed by atoms with Crippen LogP contribution in [0.15, 0.2) is 34.9 Å². The number of rotatable bonds is 8. The van der Waals surface area contributed by atoms with Crippen molar-refractivity contribution < 1.29 is 13.6 Å². The minimum atomic E-state index is -0.356. The largest absolute Gasteiger partial charge is 0.441 e. The number of aromatic nitrogens is 1. The molecule has 23 heavy (non-hydrogen) atoms. The van der Waals surface area contributed by atoms with Gasteiger partial charge in [-0.25, -0.2) is 9.37 Å². The highest BCUT2D eigenvalue weighted by Crippen LogP contribution is 2.23. The number of hydrogen-bond acceptors (Lipinski definition) is 4. The standard InChI is InChI=1S/C17H22FN3O2/c1-3-19-12(2)10-20-16(22)8-9-17-21-11-15(23-17)13-6-4-5-7-14(13)18/h4-7,11-12,19H,3,8-10H2,1-2H3,(H,20,22)/t12-/m1/s1. The summed E-state index contributed by atoms with van der Waals surface area (Å²) in [5, 5.41) is 6.07. The van der Waals surface area contributed by atoms with Gasteiger partial charge in [0.2, 0.25) is 5.91 Å². The number of hydrogen-bond donors (Lipinski definition) is 2. The van der Waals surface area contributed by atoms with E-state index in [9.17, 15) is 9.18 Å². The molecule has 0 bridgehead atoms. The van der Waals surface area contributed by atoms with Gasteiger partial charge in [-0.3, -0.25) is 4.79 Å². The van der Waals surface area contributed by atoms with Crippen LogP contribution in [-0.4, -0.2) is 30.0 Å². The number of carbonyl (C=O) groups is 1. The molecule has 124 valence electrons. The minimum absolute atomic E-state index is 0.0552. The van der Waals surface area contributed by atoms with Gasteiger partial charge >= 0.3 is 0 Å². The zero-order valence-electron chi connectivity index (χ0n) is 13.4. The van der Waals surface area contributed by atoms with Crippen molar-refractivity contribution in [1.29, 1.82) is 0 Å². The van der Waals surface area contributed by atoms with Crippen LogP contribution < -0.4 is 10.6 Å². The third-order valence-corrected chi connectivity index (χ3v) is 3.42. The Bertz CT molecular complexity index is 642. The average molecular weight is 319 g/mol. The maximum atomic E-state index is 13.7. The molecule has 0 fully saturated rings. The molecule has 0 spiro atoms. The van der Waals surface area contributed by atoms with Gasteiger partial charge in [0, 0.05) is 25.4 Å². The molecule has 2 rings (SSSR count). The Hall–Kier alpha value is -2.21. The summed E-state index contributed by atoms with van der Waals surface area (Å²) in [6.07, 6.45) is 2.16. The van der Waals surface area contributed by atoms with Crippen LogP contribution in [0.25, 0.3) is 11.3 Å². The van der Waals surface area contributed by atoms with Crippen molar-refractivity contribution in [3.8, 4) is 11.3 Å². The van der Waals surface area contributed by atoms with Crippen molar-refractivity contribution in [2.24, 2.45) is 0 Å². The molecule has 0 aliphatic carbocycles. The van der Waals surface area contributed by atoms with Gasteiger partial charge in [0.05, 0.1) is 11.8 Å². The fourth-order valence-corrected chi connectivity index (χ4v) is 2.21. The molecule has 1 atom stereocenters. The smallest absolute Gasteiger partial charge is 0.220 e. The van der Waals surface area contributed by atoms with Gasteiger partial charge < -0.3 is 15.1 Å². The molecule has 2 aromatic rings. The molecule has 0 unspecified atom stereocenters. The van der Waals surface area contributed by atoms with Crippen molar-refractivity contribution >= 4 is 5.91 Å². The van der Waals surface area contributed by atoms with Crippen LogP contribution in [0.2, 0.25) is 0 Å². The van der Waals surface area contributed by atoms with Gasteiger partial charge in [0.1, 0.15) is 5.82 Å². The van der Waals surface area contributed by atoms with E-state index in [1.807, 2.05) is 13.8 Å². The number of amides is 1. The SMILES string of the molecule is CCN[C@H](C)CNC(=O)CCc1ncc(-c2ccccc2F)o1. The van der Waals surface area contributed by atoms with Crippen LogP contribution in [0.1, 0.15) is 26.2 Å². The fraction of sp³-hybridized carbons (Fsp3) is 0.412. The van der Waals surface area contributed by atoms with Gasteiger partial charge in [-0.2, -0.15) is 0 Å². The summed E-state index contributed by atoms with van der Waals surface area (Å²) in [6.45, 7) is 5.48. The van der Waals surface area contributed by atoms with Gasteiger partial charge in [-0.15, -0.1) is 0 Å². The van der Waals surface area contributed by atoms with Crippen molar-refractivity contribution in [3.05, 3.63) is 42.2 Å². The number of nitrogens with zero attached hydrogens (tertiary/aromatic N) is 1. The van der Waals surface area contributed by atoms with Crippen LogP contribution in [-0.2, 0) is 11.2 Å². The molecule has 0 saturated heterocycles. The molecular weight excluding hydrogens is 297 g/mol. The fourth-order valence-electron chi connectivity index (χ4n) is 2.21. The second-order valence-corrected chi connectivity index (χ2v) is 5.36. The molecule has 0 aliphatic heterocycles. The van der Waals surface area contributed by atoms with Crippen LogP contribution in [0.3, 0.4) is 0 Å².